The topological polar surface area (TPSA) is 83.8 Å². The fraction of sp³-hybridized carbons (Fsp3) is 0.269. The van der Waals surface area contributed by atoms with Gasteiger partial charge in [-0.2, -0.15) is 5.10 Å². The Labute approximate surface area is 191 Å². The maximum Gasteiger partial charge on any atom is 0.168 e. The van der Waals surface area contributed by atoms with E-state index in [0.717, 1.165) is 60.0 Å². The summed E-state index contributed by atoms with van der Waals surface area (Å²) in [6.45, 7) is 0. The summed E-state index contributed by atoms with van der Waals surface area (Å²) < 4.78 is 18.5. The van der Waals surface area contributed by atoms with Crippen molar-refractivity contribution in [1.29, 1.82) is 0 Å². The minimum atomic E-state index is -0.305. The molecule has 168 valence electrons. The van der Waals surface area contributed by atoms with Crippen molar-refractivity contribution in [3.8, 4) is 22.5 Å². The first-order valence-electron chi connectivity index (χ1n) is 11.3. The molecule has 7 heteroatoms. The molecule has 0 bridgehead atoms. The van der Waals surface area contributed by atoms with Crippen LogP contribution >= 0.6 is 0 Å². The molecule has 1 atom stereocenters. The van der Waals surface area contributed by atoms with Crippen LogP contribution in [-0.2, 0) is 0 Å². The van der Waals surface area contributed by atoms with Gasteiger partial charge in [-0.15, -0.1) is 0 Å². The van der Waals surface area contributed by atoms with Crippen LogP contribution in [0.5, 0.6) is 0 Å². The first-order valence-corrected chi connectivity index (χ1v) is 11.3. The summed E-state index contributed by atoms with van der Waals surface area (Å²) in [6.07, 6.45) is 8.06. The molecule has 0 amide bonds. The fourth-order valence-corrected chi connectivity index (χ4v) is 4.77. The van der Waals surface area contributed by atoms with Gasteiger partial charge in [0.15, 0.2) is 6.29 Å². The quantitative estimate of drug-likeness (QED) is 0.322. The molecule has 0 aliphatic heterocycles. The van der Waals surface area contributed by atoms with Crippen molar-refractivity contribution < 1.29 is 13.7 Å². The van der Waals surface area contributed by atoms with E-state index in [4.69, 9.17) is 4.52 Å². The standard InChI is InChI=1S/C26H25FN4O2/c27-20-10-6-19(7-11-20)26-24(23(16-32)29-30-26)25(18-4-2-1-3-5-18)28-21-12-8-17(9-13-21)22-14-15-33-31-22/h6-16,18,25,28H,1-5H2,(H,29,30). The zero-order chi connectivity index (χ0) is 22.6. The molecule has 33 heavy (non-hydrogen) atoms. The number of aldehydes is 1. The number of aromatic nitrogens is 3. The second-order valence-electron chi connectivity index (χ2n) is 8.51. The first kappa shape index (κ1) is 21.1. The third-order valence-electron chi connectivity index (χ3n) is 6.44. The number of carbonyl (C=O) groups is 1. The molecular formula is C26H25FN4O2. The number of nitrogens with one attached hydrogen (secondary N) is 2. The highest BCUT2D eigenvalue weighted by Crippen LogP contribution is 2.41. The van der Waals surface area contributed by atoms with Crippen molar-refractivity contribution in [2.75, 3.05) is 5.32 Å². The Morgan fingerprint density at radius 3 is 2.39 bits per heavy atom. The minimum absolute atomic E-state index is 0.109. The van der Waals surface area contributed by atoms with E-state index < -0.39 is 0 Å². The van der Waals surface area contributed by atoms with Crippen molar-refractivity contribution in [2.45, 2.75) is 38.1 Å². The normalized spacial score (nSPS) is 15.3. The van der Waals surface area contributed by atoms with E-state index in [9.17, 15) is 9.18 Å². The smallest absolute Gasteiger partial charge is 0.168 e. The summed E-state index contributed by atoms with van der Waals surface area (Å²) in [5.41, 5.74) is 5.44. The summed E-state index contributed by atoms with van der Waals surface area (Å²) in [6, 6.07) is 16.0. The Hall–Kier alpha value is -3.74. The van der Waals surface area contributed by atoms with Gasteiger partial charge in [0.2, 0.25) is 0 Å². The molecule has 1 aliphatic rings. The van der Waals surface area contributed by atoms with Crippen molar-refractivity contribution >= 4 is 12.0 Å². The molecule has 1 fully saturated rings. The molecule has 2 aromatic heterocycles. The number of benzene rings is 2. The zero-order valence-electron chi connectivity index (χ0n) is 18.1. The number of anilines is 1. The van der Waals surface area contributed by atoms with Crippen LogP contribution in [0.3, 0.4) is 0 Å². The van der Waals surface area contributed by atoms with Crippen molar-refractivity contribution in [1.82, 2.24) is 15.4 Å². The Balaban J connectivity index is 1.52. The van der Waals surface area contributed by atoms with E-state index in [1.54, 1.807) is 18.4 Å². The van der Waals surface area contributed by atoms with Crippen LogP contribution in [0.4, 0.5) is 10.1 Å². The van der Waals surface area contributed by atoms with Gasteiger partial charge in [-0.25, -0.2) is 4.39 Å². The van der Waals surface area contributed by atoms with E-state index >= 15 is 0 Å². The third-order valence-corrected chi connectivity index (χ3v) is 6.44. The molecule has 5 rings (SSSR count). The lowest BCUT2D eigenvalue weighted by Crippen LogP contribution is -2.24. The van der Waals surface area contributed by atoms with Crippen molar-refractivity contribution in [3.05, 3.63) is 77.9 Å². The maximum atomic E-state index is 13.5. The number of hydrogen-bond acceptors (Lipinski definition) is 5. The average Bonchev–Trinajstić information content (AvgIpc) is 3.54. The molecule has 0 radical (unpaired) electrons. The Morgan fingerprint density at radius 1 is 1.00 bits per heavy atom. The Kier molecular flexibility index (Phi) is 6.02. The fourth-order valence-electron chi connectivity index (χ4n) is 4.77. The Bertz CT molecular complexity index is 1190. The van der Waals surface area contributed by atoms with Gasteiger partial charge in [-0.1, -0.05) is 36.6 Å². The van der Waals surface area contributed by atoms with Gasteiger partial charge in [0.05, 0.1) is 11.7 Å². The highest BCUT2D eigenvalue weighted by molar-refractivity contribution is 5.80. The largest absolute Gasteiger partial charge is 0.378 e. The van der Waals surface area contributed by atoms with Crippen LogP contribution in [0.2, 0.25) is 0 Å². The Morgan fingerprint density at radius 2 is 1.73 bits per heavy atom. The number of carbonyl (C=O) groups excluding carboxylic acids is 1. The molecule has 2 heterocycles. The van der Waals surface area contributed by atoms with Gasteiger partial charge < -0.3 is 9.84 Å². The number of aromatic amines is 1. The molecule has 1 saturated carbocycles. The highest BCUT2D eigenvalue weighted by atomic mass is 19.1. The minimum Gasteiger partial charge on any atom is -0.378 e. The van der Waals surface area contributed by atoms with Crippen LogP contribution in [0, 0.1) is 11.7 Å². The number of hydrogen-bond donors (Lipinski definition) is 2. The van der Waals surface area contributed by atoms with Gasteiger partial charge in [-0.3, -0.25) is 9.89 Å². The molecule has 6 nitrogen and oxygen atoms in total. The maximum absolute atomic E-state index is 13.5. The third kappa shape index (κ3) is 4.44. The summed E-state index contributed by atoms with van der Waals surface area (Å²) in [7, 11) is 0. The van der Waals surface area contributed by atoms with E-state index in [1.807, 2.05) is 30.3 Å². The van der Waals surface area contributed by atoms with Crippen molar-refractivity contribution in [2.24, 2.45) is 5.92 Å². The predicted octanol–water partition coefficient (Wildman–Crippen LogP) is 6.42. The molecule has 0 saturated heterocycles. The number of nitrogens with zero attached hydrogens (tertiary/aromatic N) is 2. The molecule has 2 N–H and O–H groups in total. The monoisotopic (exact) mass is 444 g/mol. The van der Waals surface area contributed by atoms with Gasteiger partial charge in [0.25, 0.3) is 0 Å². The zero-order valence-corrected chi connectivity index (χ0v) is 18.1. The number of H-pyrrole nitrogens is 1. The van der Waals surface area contributed by atoms with Crippen LogP contribution < -0.4 is 5.32 Å². The molecule has 0 spiro atoms. The second kappa shape index (κ2) is 9.40. The van der Waals surface area contributed by atoms with Crippen LogP contribution in [0.1, 0.15) is 54.2 Å². The predicted molar refractivity (Wildman–Crippen MR) is 124 cm³/mol. The molecule has 4 aromatic rings. The van der Waals surface area contributed by atoms with Gasteiger partial charge >= 0.3 is 0 Å². The van der Waals surface area contributed by atoms with Gasteiger partial charge in [0.1, 0.15) is 23.5 Å². The van der Waals surface area contributed by atoms with Crippen molar-refractivity contribution in [3.63, 3.8) is 0 Å². The van der Waals surface area contributed by atoms with Crippen LogP contribution in [0.25, 0.3) is 22.5 Å². The van der Waals surface area contributed by atoms with E-state index in [1.165, 1.54) is 18.6 Å². The van der Waals surface area contributed by atoms with E-state index in [2.05, 4.69) is 20.7 Å². The lowest BCUT2D eigenvalue weighted by molar-refractivity contribution is 0.111. The SMILES string of the molecule is O=Cc1[nH]nc(-c2ccc(F)cc2)c1C(Nc1ccc(-c2ccon2)cc1)C1CCCCC1. The van der Waals surface area contributed by atoms with Crippen LogP contribution in [0.15, 0.2) is 65.4 Å². The lowest BCUT2D eigenvalue weighted by Gasteiger charge is -2.32. The molecule has 1 unspecified atom stereocenters. The highest BCUT2D eigenvalue weighted by Gasteiger charge is 2.31. The molecule has 2 aromatic carbocycles. The second-order valence-corrected chi connectivity index (χ2v) is 8.51. The number of rotatable bonds is 7. The van der Waals surface area contributed by atoms with Gasteiger partial charge in [-0.05, 0) is 55.2 Å². The number of halogens is 1. The summed E-state index contributed by atoms with van der Waals surface area (Å²) >= 11 is 0. The van der Waals surface area contributed by atoms with Crippen LogP contribution in [-0.4, -0.2) is 21.6 Å². The van der Waals surface area contributed by atoms with Gasteiger partial charge in [0, 0.05) is 28.4 Å². The average molecular weight is 445 g/mol. The summed E-state index contributed by atoms with van der Waals surface area (Å²) in [5.74, 6) is 0.0464. The summed E-state index contributed by atoms with van der Waals surface area (Å²) in [4.78, 5) is 12.0. The molecular weight excluding hydrogens is 419 g/mol. The summed E-state index contributed by atoms with van der Waals surface area (Å²) in [5, 5.41) is 15.0. The first-order chi connectivity index (χ1) is 16.2. The lowest BCUT2D eigenvalue weighted by atomic mass is 9.79. The molecule has 1 aliphatic carbocycles. The van der Waals surface area contributed by atoms with E-state index in [0.29, 0.717) is 17.3 Å². The van der Waals surface area contributed by atoms with E-state index in [-0.39, 0.29) is 11.9 Å².